The lowest BCUT2D eigenvalue weighted by Gasteiger charge is -2.06. The van der Waals surface area contributed by atoms with E-state index in [2.05, 4.69) is 26.2 Å². The van der Waals surface area contributed by atoms with Gasteiger partial charge in [0.15, 0.2) is 11.6 Å². The van der Waals surface area contributed by atoms with Gasteiger partial charge in [-0.1, -0.05) is 6.07 Å². The number of halogens is 2. The van der Waals surface area contributed by atoms with E-state index in [-0.39, 0.29) is 11.3 Å². The van der Waals surface area contributed by atoms with Crippen molar-refractivity contribution in [1.82, 2.24) is 4.98 Å². The fourth-order valence-electron chi connectivity index (χ4n) is 1.47. The zero-order valence-corrected chi connectivity index (χ0v) is 11.6. The second-order valence-electron chi connectivity index (χ2n) is 3.65. The molecule has 0 atom stereocenters. The summed E-state index contributed by atoms with van der Waals surface area (Å²) in [5.41, 5.74) is 0.195. The molecule has 0 bridgehead atoms. The Kier molecular flexibility index (Phi) is 4.11. The number of carbonyl (C=O) groups excluding carboxylic acids is 1. The fraction of sp³-hybridized carbons (Fsp3) is 0.0769. The van der Waals surface area contributed by atoms with Gasteiger partial charge in [-0.25, -0.2) is 9.37 Å². The third kappa shape index (κ3) is 3.29. The van der Waals surface area contributed by atoms with E-state index in [1.54, 1.807) is 18.2 Å². The average molecular weight is 325 g/mol. The van der Waals surface area contributed by atoms with Crippen molar-refractivity contribution in [3.8, 4) is 5.75 Å². The highest BCUT2D eigenvalue weighted by Crippen LogP contribution is 2.18. The number of rotatable bonds is 3. The second kappa shape index (κ2) is 5.79. The number of benzene rings is 1. The number of nitrogens with zero attached hydrogens (tertiary/aromatic N) is 1. The van der Waals surface area contributed by atoms with E-state index >= 15 is 0 Å². The number of methoxy groups -OCH3 is 1. The van der Waals surface area contributed by atoms with Crippen LogP contribution in [0.2, 0.25) is 0 Å². The van der Waals surface area contributed by atoms with Gasteiger partial charge >= 0.3 is 0 Å². The maximum absolute atomic E-state index is 13.5. The van der Waals surface area contributed by atoms with Crippen LogP contribution in [-0.4, -0.2) is 18.0 Å². The van der Waals surface area contributed by atoms with E-state index in [1.807, 2.05) is 0 Å². The molecule has 0 aliphatic rings. The summed E-state index contributed by atoms with van der Waals surface area (Å²) < 4.78 is 18.9. The van der Waals surface area contributed by atoms with Gasteiger partial charge in [-0.15, -0.1) is 0 Å². The van der Waals surface area contributed by atoms with Gasteiger partial charge in [0.1, 0.15) is 10.4 Å². The summed E-state index contributed by atoms with van der Waals surface area (Å²) in [5.74, 6) is -0.544. The first-order chi connectivity index (χ1) is 9.10. The zero-order chi connectivity index (χ0) is 13.8. The van der Waals surface area contributed by atoms with Crippen LogP contribution in [0.1, 0.15) is 10.4 Å². The molecule has 0 unspecified atom stereocenters. The monoisotopic (exact) mass is 324 g/mol. The Hall–Kier alpha value is -1.95. The summed E-state index contributed by atoms with van der Waals surface area (Å²) in [7, 11) is 1.36. The summed E-state index contributed by atoms with van der Waals surface area (Å²) in [4.78, 5) is 16.0. The maximum Gasteiger partial charge on any atom is 0.256 e. The first-order valence-corrected chi connectivity index (χ1v) is 6.17. The molecular formula is C13H10BrFN2O2. The quantitative estimate of drug-likeness (QED) is 0.882. The molecule has 0 fully saturated rings. The molecule has 0 saturated carbocycles. The Morgan fingerprint density at radius 1 is 1.37 bits per heavy atom. The fourth-order valence-corrected chi connectivity index (χ4v) is 1.82. The minimum absolute atomic E-state index is 0.0946. The van der Waals surface area contributed by atoms with E-state index in [4.69, 9.17) is 4.74 Å². The molecule has 1 N–H and O–H groups in total. The molecule has 0 saturated heterocycles. The van der Waals surface area contributed by atoms with Gasteiger partial charge in [-0.05, 0) is 46.3 Å². The van der Waals surface area contributed by atoms with Crippen molar-refractivity contribution in [3.05, 3.63) is 52.4 Å². The Morgan fingerprint density at radius 2 is 2.16 bits per heavy atom. The van der Waals surface area contributed by atoms with Crippen LogP contribution in [0.15, 0.2) is 41.0 Å². The number of amides is 1. The van der Waals surface area contributed by atoms with E-state index in [9.17, 15) is 9.18 Å². The number of carbonyl (C=O) groups is 1. The van der Waals surface area contributed by atoms with Gasteiger partial charge in [0, 0.05) is 5.56 Å². The summed E-state index contributed by atoms with van der Waals surface area (Å²) >= 11 is 3.20. The molecule has 0 aliphatic carbocycles. The van der Waals surface area contributed by atoms with Crippen LogP contribution in [0.4, 0.5) is 10.2 Å². The highest BCUT2D eigenvalue weighted by Gasteiger charge is 2.10. The lowest BCUT2D eigenvalue weighted by molar-refractivity contribution is 0.102. The molecule has 4 nitrogen and oxygen atoms in total. The van der Waals surface area contributed by atoms with Crippen molar-refractivity contribution in [2.24, 2.45) is 0 Å². The molecule has 1 amide bonds. The lowest BCUT2D eigenvalue weighted by atomic mass is 10.2. The van der Waals surface area contributed by atoms with Crippen molar-refractivity contribution in [3.63, 3.8) is 0 Å². The molecule has 0 spiro atoms. The summed E-state index contributed by atoms with van der Waals surface area (Å²) in [5, 5.41) is 2.58. The summed E-state index contributed by atoms with van der Waals surface area (Å²) in [6.07, 6.45) is 0. The third-order valence-electron chi connectivity index (χ3n) is 2.37. The Labute approximate surface area is 117 Å². The molecular weight excluding hydrogens is 315 g/mol. The second-order valence-corrected chi connectivity index (χ2v) is 4.46. The predicted molar refractivity (Wildman–Crippen MR) is 72.8 cm³/mol. The van der Waals surface area contributed by atoms with E-state index in [1.165, 1.54) is 19.2 Å². The molecule has 1 aromatic heterocycles. The highest BCUT2D eigenvalue weighted by molar-refractivity contribution is 9.10. The van der Waals surface area contributed by atoms with E-state index in [0.29, 0.717) is 10.4 Å². The van der Waals surface area contributed by atoms with Gasteiger partial charge in [0.2, 0.25) is 0 Å². The number of hydrogen-bond acceptors (Lipinski definition) is 3. The Balaban J connectivity index is 2.18. The van der Waals surface area contributed by atoms with Crippen molar-refractivity contribution < 1.29 is 13.9 Å². The van der Waals surface area contributed by atoms with Gasteiger partial charge in [-0.2, -0.15) is 0 Å². The first kappa shape index (κ1) is 13.5. The first-order valence-electron chi connectivity index (χ1n) is 5.37. The van der Waals surface area contributed by atoms with E-state index < -0.39 is 11.7 Å². The number of nitrogens with one attached hydrogen (secondary N) is 1. The third-order valence-corrected chi connectivity index (χ3v) is 2.81. The number of anilines is 1. The van der Waals surface area contributed by atoms with Crippen LogP contribution in [0.25, 0.3) is 0 Å². The molecule has 19 heavy (non-hydrogen) atoms. The van der Waals surface area contributed by atoms with Crippen molar-refractivity contribution in [2.45, 2.75) is 0 Å². The smallest absolute Gasteiger partial charge is 0.256 e. The number of pyridine rings is 1. The van der Waals surface area contributed by atoms with Gasteiger partial charge in [0.05, 0.1) is 7.11 Å². The van der Waals surface area contributed by atoms with Crippen LogP contribution in [0.5, 0.6) is 5.75 Å². The SMILES string of the molecule is COc1ccc(C(=O)Nc2cccc(Br)n2)cc1F. The maximum atomic E-state index is 13.5. The van der Waals surface area contributed by atoms with Crippen LogP contribution in [-0.2, 0) is 0 Å². The molecule has 1 aromatic carbocycles. The minimum Gasteiger partial charge on any atom is -0.494 e. The Bertz CT molecular complexity index is 619. The van der Waals surface area contributed by atoms with Crippen molar-refractivity contribution >= 4 is 27.7 Å². The van der Waals surface area contributed by atoms with Crippen molar-refractivity contribution in [1.29, 1.82) is 0 Å². The number of aromatic nitrogens is 1. The molecule has 0 radical (unpaired) electrons. The molecule has 2 aromatic rings. The van der Waals surface area contributed by atoms with Crippen LogP contribution in [0.3, 0.4) is 0 Å². The van der Waals surface area contributed by atoms with E-state index in [0.717, 1.165) is 6.07 Å². The standard InChI is InChI=1S/C13H10BrFN2O2/c1-19-10-6-5-8(7-9(10)15)13(18)17-12-4-2-3-11(14)16-12/h2-7H,1H3,(H,16,17,18). The lowest BCUT2D eigenvalue weighted by Crippen LogP contribution is -2.13. The molecule has 6 heteroatoms. The van der Waals surface area contributed by atoms with Crippen LogP contribution < -0.4 is 10.1 Å². The summed E-state index contributed by atoms with van der Waals surface area (Å²) in [6, 6.07) is 9.12. The highest BCUT2D eigenvalue weighted by atomic mass is 79.9. The summed E-state index contributed by atoms with van der Waals surface area (Å²) in [6.45, 7) is 0. The topological polar surface area (TPSA) is 51.2 Å². The van der Waals surface area contributed by atoms with Crippen LogP contribution >= 0.6 is 15.9 Å². The van der Waals surface area contributed by atoms with Gasteiger partial charge < -0.3 is 10.1 Å². The molecule has 2 rings (SSSR count). The predicted octanol–water partition coefficient (Wildman–Crippen LogP) is 3.24. The molecule has 1 heterocycles. The number of ether oxygens (including phenoxy) is 1. The largest absolute Gasteiger partial charge is 0.494 e. The zero-order valence-electron chi connectivity index (χ0n) is 9.98. The van der Waals surface area contributed by atoms with Gasteiger partial charge in [-0.3, -0.25) is 4.79 Å². The Morgan fingerprint density at radius 3 is 2.79 bits per heavy atom. The normalized spacial score (nSPS) is 10.1. The molecule has 98 valence electrons. The number of hydrogen-bond donors (Lipinski definition) is 1. The van der Waals surface area contributed by atoms with Gasteiger partial charge in [0.25, 0.3) is 5.91 Å². The molecule has 0 aliphatic heterocycles. The van der Waals surface area contributed by atoms with Crippen LogP contribution in [0, 0.1) is 5.82 Å². The minimum atomic E-state index is -0.586. The average Bonchev–Trinajstić information content (AvgIpc) is 2.38. The van der Waals surface area contributed by atoms with Crippen molar-refractivity contribution in [2.75, 3.05) is 12.4 Å².